The van der Waals surface area contributed by atoms with Crippen LogP contribution in [-0.2, 0) is 6.54 Å². The van der Waals surface area contributed by atoms with Gasteiger partial charge >= 0.3 is 0 Å². The predicted molar refractivity (Wildman–Crippen MR) is 128 cm³/mol. The summed E-state index contributed by atoms with van der Waals surface area (Å²) in [5.74, 6) is 2.16. The van der Waals surface area contributed by atoms with Gasteiger partial charge in [0.2, 0.25) is 0 Å². The van der Waals surface area contributed by atoms with Crippen molar-refractivity contribution in [3.8, 4) is 11.5 Å². The van der Waals surface area contributed by atoms with Crippen molar-refractivity contribution in [2.75, 3.05) is 27.3 Å². The molecule has 176 valence electrons. The van der Waals surface area contributed by atoms with E-state index in [-0.39, 0.29) is 11.6 Å². The summed E-state index contributed by atoms with van der Waals surface area (Å²) < 4.78 is 12.4. The van der Waals surface area contributed by atoms with Crippen molar-refractivity contribution in [1.29, 1.82) is 0 Å². The Labute approximate surface area is 197 Å². The van der Waals surface area contributed by atoms with Crippen molar-refractivity contribution < 1.29 is 9.47 Å². The van der Waals surface area contributed by atoms with Crippen molar-refractivity contribution in [3.63, 3.8) is 0 Å². The fraction of sp³-hybridized carbons (Fsp3) is 0.360. The number of ether oxygens (including phenoxy) is 2. The molecule has 34 heavy (non-hydrogen) atoms. The largest absolute Gasteiger partial charge is 0.497 e. The average molecular weight is 461 g/mol. The number of rotatable bonds is 7. The second kappa shape index (κ2) is 9.64. The highest BCUT2D eigenvalue weighted by Gasteiger charge is 2.31. The number of hydrogen-bond donors (Lipinski definition) is 1. The molecule has 9 nitrogen and oxygen atoms in total. The second-order valence-electron chi connectivity index (χ2n) is 8.55. The Balaban J connectivity index is 1.57. The van der Waals surface area contributed by atoms with Gasteiger partial charge in [0, 0.05) is 11.6 Å². The third-order valence-electron chi connectivity index (χ3n) is 6.43. The van der Waals surface area contributed by atoms with E-state index < -0.39 is 0 Å². The van der Waals surface area contributed by atoms with E-state index in [1.807, 2.05) is 48.5 Å². The monoisotopic (exact) mass is 460 g/mol. The quantitative estimate of drug-likeness (QED) is 0.452. The van der Waals surface area contributed by atoms with Gasteiger partial charge in [-0.25, -0.2) is 4.68 Å². The molecule has 0 saturated carbocycles. The number of hydrogen-bond acceptors (Lipinski definition) is 7. The van der Waals surface area contributed by atoms with E-state index in [1.54, 1.807) is 18.9 Å². The molecule has 1 N–H and O–H groups in total. The molecule has 0 spiro atoms. The molecule has 4 aromatic rings. The molecule has 1 saturated heterocycles. The van der Waals surface area contributed by atoms with Gasteiger partial charge in [-0.1, -0.05) is 18.6 Å². The number of benzene rings is 2. The molecular weight excluding hydrogens is 432 g/mol. The second-order valence-corrected chi connectivity index (χ2v) is 8.55. The standard InChI is InChI=1S/C25H28N6O3/c1-33-19-9-6-17(7-10-19)16-31-24(27-28-29-31)23(30-12-4-3-5-13-30)21-14-18-8-11-20(34-2)15-22(18)26-25(21)32/h6-11,14-15,23H,3-5,12-13,16H2,1-2H3,(H,26,32)/t23-/m0/s1. The van der Waals surface area contributed by atoms with E-state index in [9.17, 15) is 4.79 Å². The zero-order chi connectivity index (χ0) is 23.5. The summed E-state index contributed by atoms with van der Waals surface area (Å²) in [7, 11) is 3.26. The van der Waals surface area contributed by atoms with Crippen LogP contribution < -0.4 is 15.0 Å². The van der Waals surface area contributed by atoms with Crippen LogP contribution in [0.1, 0.15) is 42.3 Å². The molecule has 1 atom stereocenters. The summed E-state index contributed by atoms with van der Waals surface area (Å²) in [5.41, 5.74) is 2.29. The molecule has 1 aliphatic rings. The van der Waals surface area contributed by atoms with E-state index in [0.29, 0.717) is 23.7 Å². The number of tetrazole rings is 1. The number of pyridine rings is 1. The Kier molecular flexibility index (Phi) is 6.27. The number of H-pyrrole nitrogens is 1. The lowest BCUT2D eigenvalue weighted by Gasteiger charge is -2.33. The summed E-state index contributed by atoms with van der Waals surface area (Å²) >= 11 is 0. The molecule has 2 aromatic carbocycles. The van der Waals surface area contributed by atoms with Gasteiger partial charge in [-0.2, -0.15) is 0 Å². The Morgan fingerprint density at radius 2 is 1.71 bits per heavy atom. The molecule has 0 aliphatic carbocycles. The molecule has 1 aliphatic heterocycles. The lowest BCUT2D eigenvalue weighted by molar-refractivity contribution is 0.177. The first-order chi connectivity index (χ1) is 16.7. The van der Waals surface area contributed by atoms with Crippen LogP contribution in [0.3, 0.4) is 0 Å². The number of methoxy groups -OCH3 is 2. The molecular formula is C25H28N6O3. The Morgan fingerprint density at radius 3 is 2.44 bits per heavy atom. The third-order valence-corrected chi connectivity index (χ3v) is 6.43. The Morgan fingerprint density at radius 1 is 0.971 bits per heavy atom. The van der Waals surface area contributed by atoms with Gasteiger partial charge in [-0.05, 0) is 77.6 Å². The van der Waals surface area contributed by atoms with Crippen LogP contribution >= 0.6 is 0 Å². The maximum atomic E-state index is 13.3. The van der Waals surface area contributed by atoms with E-state index in [4.69, 9.17) is 9.47 Å². The first-order valence-electron chi connectivity index (χ1n) is 11.5. The summed E-state index contributed by atoms with van der Waals surface area (Å²) in [5, 5.41) is 13.6. The van der Waals surface area contributed by atoms with Crippen LogP contribution in [0.15, 0.2) is 53.3 Å². The molecule has 3 heterocycles. The number of nitrogens with one attached hydrogen (secondary N) is 1. The molecule has 5 rings (SSSR count). The topological polar surface area (TPSA) is 98.2 Å². The number of aromatic nitrogens is 5. The zero-order valence-electron chi connectivity index (χ0n) is 19.4. The van der Waals surface area contributed by atoms with Crippen LogP contribution in [-0.4, -0.2) is 57.4 Å². The molecule has 9 heteroatoms. The highest BCUT2D eigenvalue weighted by molar-refractivity contribution is 5.80. The lowest BCUT2D eigenvalue weighted by atomic mass is 10.0. The molecule has 0 unspecified atom stereocenters. The zero-order valence-corrected chi connectivity index (χ0v) is 19.4. The van der Waals surface area contributed by atoms with Crippen LogP contribution in [0.4, 0.5) is 0 Å². The minimum Gasteiger partial charge on any atom is -0.497 e. The normalized spacial score (nSPS) is 15.4. The lowest BCUT2D eigenvalue weighted by Crippen LogP contribution is -2.38. The number of likely N-dealkylation sites (tertiary alicyclic amines) is 1. The number of piperidine rings is 1. The molecule has 0 bridgehead atoms. The van der Waals surface area contributed by atoms with Crippen LogP contribution in [0, 0.1) is 0 Å². The van der Waals surface area contributed by atoms with Gasteiger partial charge in [-0.3, -0.25) is 9.69 Å². The third kappa shape index (κ3) is 4.38. The van der Waals surface area contributed by atoms with Gasteiger partial charge in [0.25, 0.3) is 5.56 Å². The minimum atomic E-state index is -0.344. The van der Waals surface area contributed by atoms with Crippen LogP contribution in [0.25, 0.3) is 10.9 Å². The maximum absolute atomic E-state index is 13.3. The van der Waals surface area contributed by atoms with Crippen molar-refractivity contribution in [2.24, 2.45) is 0 Å². The van der Waals surface area contributed by atoms with Crippen molar-refractivity contribution in [2.45, 2.75) is 31.8 Å². The number of fused-ring (bicyclic) bond motifs is 1. The van der Waals surface area contributed by atoms with Crippen molar-refractivity contribution >= 4 is 10.9 Å². The highest BCUT2D eigenvalue weighted by Crippen LogP contribution is 2.30. The number of nitrogens with zero attached hydrogens (tertiary/aromatic N) is 5. The molecule has 0 radical (unpaired) electrons. The van der Waals surface area contributed by atoms with Gasteiger partial charge in [-0.15, -0.1) is 5.10 Å². The van der Waals surface area contributed by atoms with Crippen LogP contribution in [0.2, 0.25) is 0 Å². The van der Waals surface area contributed by atoms with E-state index in [2.05, 4.69) is 25.4 Å². The minimum absolute atomic E-state index is 0.143. The van der Waals surface area contributed by atoms with Gasteiger partial charge in [0.05, 0.1) is 26.3 Å². The van der Waals surface area contributed by atoms with Crippen molar-refractivity contribution in [1.82, 2.24) is 30.1 Å². The highest BCUT2D eigenvalue weighted by atomic mass is 16.5. The first kappa shape index (κ1) is 22.1. The number of aromatic amines is 1. The first-order valence-corrected chi connectivity index (χ1v) is 11.5. The van der Waals surface area contributed by atoms with Gasteiger partial charge in [0.1, 0.15) is 17.5 Å². The van der Waals surface area contributed by atoms with Crippen LogP contribution in [0.5, 0.6) is 11.5 Å². The molecule has 1 fully saturated rings. The molecule has 0 amide bonds. The Bertz CT molecular complexity index is 1320. The van der Waals surface area contributed by atoms with Gasteiger partial charge in [0.15, 0.2) is 5.82 Å². The fourth-order valence-corrected chi connectivity index (χ4v) is 4.63. The SMILES string of the molecule is COc1ccc(Cn2nnnc2[C@H](c2cc3ccc(OC)cc3[nH]c2=O)N2CCCCC2)cc1. The average Bonchev–Trinajstić information content (AvgIpc) is 3.33. The summed E-state index contributed by atoms with van der Waals surface area (Å²) in [6, 6.07) is 15.1. The smallest absolute Gasteiger partial charge is 0.253 e. The Hall–Kier alpha value is -3.72. The van der Waals surface area contributed by atoms with Gasteiger partial charge < -0.3 is 14.5 Å². The molecule has 2 aromatic heterocycles. The summed E-state index contributed by atoms with van der Waals surface area (Å²) in [4.78, 5) is 18.7. The maximum Gasteiger partial charge on any atom is 0.253 e. The van der Waals surface area contributed by atoms with E-state index in [1.165, 1.54) is 6.42 Å². The summed E-state index contributed by atoms with van der Waals surface area (Å²) in [6.45, 7) is 2.28. The summed E-state index contributed by atoms with van der Waals surface area (Å²) in [6.07, 6.45) is 3.35. The fourth-order valence-electron chi connectivity index (χ4n) is 4.63. The predicted octanol–water partition coefficient (Wildman–Crippen LogP) is 3.16. The van der Waals surface area contributed by atoms with E-state index in [0.717, 1.165) is 48.1 Å². The van der Waals surface area contributed by atoms with Crippen molar-refractivity contribution in [3.05, 3.63) is 75.8 Å². The van der Waals surface area contributed by atoms with E-state index >= 15 is 0 Å².